The average molecular weight is 576 g/mol. The first-order chi connectivity index (χ1) is 19.5. The number of hydrogen-bond acceptors (Lipinski definition) is 6. The molecule has 0 radical (unpaired) electrons. The summed E-state index contributed by atoms with van der Waals surface area (Å²) in [6, 6.07) is 9.85. The van der Waals surface area contributed by atoms with Gasteiger partial charge in [0.25, 0.3) is 5.91 Å². The van der Waals surface area contributed by atoms with Crippen LogP contribution < -0.4 is 15.1 Å². The van der Waals surface area contributed by atoms with E-state index >= 15 is 4.39 Å². The number of rotatable bonds is 5. The van der Waals surface area contributed by atoms with Gasteiger partial charge in [-0.3, -0.25) is 4.79 Å². The summed E-state index contributed by atoms with van der Waals surface area (Å²) < 4.78 is 75.9. The van der Waals surface area contributed by atoms with Crippen molar-refractivity contribution in [3.8, 4) is 11.3 Å². The first-order valence-corrected chi connectivity index (χ1v) is 13.3. The van der Waals surface area contributed by atoms with Crippen molar-refractivity contribution in [1.82, 2.24) is 9.88 Å². The molecule has 0 spiro atoms. The minimum absolute atomic E-state index is 0.0801. The van der Waals surface area contributed by atoms with Crippen LogP contribution in [-0.2, 0) is 10.9 Å². The van der Waals surface area contributed by atoms with Gasteiger partial charge in [-0.2, -0.15) is 13.2 Å². The van der Waals surface area contributed by atoms with E-state index in [4.69, 9.17) is 4.74 Å². The zero-order valence-electron chi connectivity index (χ0n) is 22.6. The maximum absolute atomic E-state index is 15.7. The maximum Gasteiger partial charge on any atom is 0.417 e. The van der Waals surface area contributed by atoms with E-state index in [2.05, 4.69) is 15.2 Å². The van der Waals surface area contributed by atoms with Gasteiger partial charge in [0, 0.05) is 44.3 Å². The third-order valence-electron chi connectivity index (χ3n) is 7.51. The fraction of sp³-hybridized carbons (Fsp3) is 0.379. The van der Waals surface area contributed by atoms with E-state index < -0.39 is 34.8 Å². The van der Waals surface area contributed by atoms with E-state index in [-0.39, 0.29) is 23.4 Å². The molecule has 0 bridgehead atoms. The lowest BCUT2D eigenvalue weighted by Gasteiger charge is -2.39. The number of nitrogens with one attached hydrogen (secondary N) is 1. The summed E-state index contributed by atoms with van der Waals surface area (Å²) in [5, 5.41) is 2.56. The lowest BCUT2D eigenvalue weighted by Crippen LogP contribution is -2.50. The van der Waals surface area contributed by atoms with Crippen LogP contribution in [0.4, 0.5) is 39.1 Å². The normalized spacial score (nSPS) is 18.5. The summed E-state index contributed by atoms with van der Waals surface area (Å²) in [6.45, 7) is 6.02. The van der Waals surface area contributed by atoms with Crippen LogP contribution in [0.15, 0.2) is 48.5 Å². The molecule has 12 heteroatoms. The molecule has 2 saturated heterocycles. The Morgan fingerprint density at radius 1 is 1.00 bits per heavy atom. The Morgan fingerprint density at radius 3 is 2.46 bits per heavy atom. The van der Waals surface area contributed by atoms with Crippen molar-refractivity contribution in [2.24, 2.45) is 0 Å². The number of ether oxygens (including phenoxy) is 1. The van der Waals surface area contributed by atoms with E-state index in [9.17, 15) is 22.4 Å². The van der Waals surface area contributed by atoms with Crippen molar-refractivity contribution in [1.29, 1.82) is 0 Å². The molecule has 3 aromatic rings. The van der Waals surface area contributed by atoms with Crippen molar-refractivity contribution < 1.29 is 31.5 Å². The number of hydrogen-bond donors (Lipinski definition) is 1. The largest absolute Gasteiger partial charge is 0.417 e. The smallest absolute Gasteiger partial charge is 0.378 e. The number of aromatic nitrogens is 1. The van der Waals surface area contributed by atoms with E-state index in [1.165, 1.54) is 12.1 Å². The van der Waals surface area contributed by atoms with Crippen LogP contribution in [0.2, 0.25) is 0 Å². The summed E-state index contributed by atoms with van der Waals surface area (Å²) in [4.78, 5) is 23.9. The van der Waals surface area contributed by atoms with E-state index in [1.54, 1.807) is 12.1 Å². The number of halogens is 5. The number of likely N-dealkylation sites (N-methyl/N-ethyl adjacent to an activating group) is 1. The Balaban J connectivity index is 1.56. The molecule has 3 heterocycles. The number of carbonyl (C=O) groups excluding carboxylic acids is 1. The number of alkyl halides is 3. The van der Waals surface area contributed by atoms with Crippen LogP contribution in [0.3, 0.4) is 0 Å². The summed E-state index contributed by atoms with van der Waals surface area (Å²) in [5.74, 6) is -2.16. The van der Waals surface area contributed by atoms with Gasteiger partial charge in [0.15, 0.2) is 0 Å². The molecule has 5 rings (SSSR count). The molecule has 7 nitrogen and oxygen atoms in total. The molecule has 2 aromatic carbocycles. The predicted octanol–water partition coefficient (Wildman–Crippen LogP) is 5.27. The molecule has 1 atom stereocenters. The van der Waals surface area contributed by atoms with Crippen LogP contribution in [0.5, 0.6) is 0 Å². The van der Waals surface area contributed by atoms with Crippen LogP contribution in [0.25, 0.3) is 11.3 Å². The molecule has 0 aliphatic carbocycles. The van der Waals surface area contributed by atoms with Gasteiger partial charge in [-0.25, -0.2) is 13.8 Å². The standard InChI is InChI=1S/C29H30F5N5O2/c1-18-17-39(9-8-37(18)2)26-16-23(31)21(24-4-3-5-27(35-24)38-10-12-41-13-11-38)15-25(26)36-28(40)20-7-6-19(30)14-22(20)29(32,33)34/h3-7,14-16,18H,8-13,17H2,1-2H3,(H,36,40)/t18-/m0/s1. The number of amides is 1. The Hall–Kier alpha value is -3.77. The predicted molar refractivity (Wildman–Crippen MR) is 146 cm³/mol. The van der Waals surface area contributed by atoms with E-state index in [0.717, 1.165) is 12.1 Å². The van der Waals surface area contributed by atoms with Crippen LogP contribution >= 0.6 is 0 Å². The SMILES string of the molecule is C[C@H]1CN(c2cc(F)c(-c3cccc(N4CCOCC4)n3)cc2NC(=O)c2ccc(F)cc2C(F)(F)F)CCN1C. The first kappa shape index (κ1) is 28.7. The van der Waals surface area contributed by atoms with E-state index in [1.807, 2.05) is 29.8 Å². The second-order valence-corrected chi connectivity index (χ2v) is 10.2. The minimum atomic E-state index is -4.96. The molecule has 2 aliphatic heterocycles. The number of piperazine rings is 1. The van der Waals surface area contributed by atoms with Gasteiger partial charge in [-0.1, -0.05) is 6.07 Å². The summed E-state index contributed by atoms with van der Waals surface area (Å²) in [7, 11) is 1.97. The number of carbonyl (C=O) groups is 1. The van der Waals surface area contributed by atoms with Gasteiger partial charge >= 0.3 is 6.18 Å². The third-order valence-corrected chi connectivity index (χ3v) is 7.51. The second-order valence-electron chi connectivity index (χ2n) is 10.2. The Bertz CT molecular complexity index is 1430. The van der Waals surface area contributed by atoms with Gasteiger partial charge in [0.1, 0.15) is 17.5 Å². The zero-order valence-corrected chi connectivity index (χ0v) is 22.6. The molecule has 0 unspecified atom stereocenters. The highest BCUT2D eigenvalue weighted by Crippen LogP contribution is 2.37. The quantitative estimate of drug-likeness (QED) is 0.418. The molecular weight excluding hydrogens is 545 g/mol. The highest BCUT2D eigenvalue weighted by molar-refractivity contribution is 6.07. The molecule has 2 fully saturated rings. The number of anilines is 3. The molecule has 0 saturated carbocycles. The average Bonchev–Trinajstić information content (AvgIpc) is 2.95. The first-order valence-electron chi connectivity index (χ1n) is 13.3. The van der Waals surface area contributed by atoms with Crippen molar-refractivity contribution in [2.75, 3.05) is 68.1 Å². The van der Waals surface area contributed by atoms with Crippen molar-refractivity contribution in [2.45, 2.75) is 19.1 Å². The van der Waals surface area contributed by atoms with Gasteiger partial charge in [0.05, 0.1) is 41.4 Å². The Kier molecular flexibility index (Phi) is 8.14. The summed E-state index contributed by atoms with van der Waals surface area (Å²) in [6.07, 6.45) is -4.96. The van der Waals surface area contributed by atoms with Crippen LogP contribution in [0, 0.1) is 11.6 Å². The van der Waals surface area contributed by atoms with Crippen LogP contribution in [0.1, 0.15) is 22.8 Å². The molecule has 41 heavy (non-hydrogen) atoms. The molecule has 1 aromatic heterocycles. The van der Waals surface area contributed by atoms with Gasteiger partial charge < -0.3 is 24.8 Å². The Morgan fingerprint density at radius 2 is 1.76 bits per heavy atom. The second kappa shape index (κ2) is 11.6. The molecule has 218 valence electrons. The van der Waals surface area contributed by atoms with Crippen molar-refractivity contribution in [3.63, 3.8) is 0 Å². The highest BCUT2D eigenvalue weighted by atomic mass is 19.4. The fourth-order valence-electron chi connectivity index (χ4n) is 5.07. The fourth-order valence-corrected chi connectivity index (χ4v) is 5.07. The minimum Gasteiger partial charge on any atom is -0.378 e. The Labute approximate surface area is 234 Å². The van der Waals surface area contributed by atoms with Crippen LogP contribution in [-0.4, -0.2) is 74.8 Å². The van der Waals surface area contributed by atoms with Gasteiger partial charge in [-0.15, -0.1) is 0 Å². The van der Waals surface area contributed by atoms with Crippen molar-refractivity contribution >= 4 is 23.1 Å². The maximum atomic E-state index is 15.7. The number of benzene rings is 2. The number of morpholine rings is 1. The molecule has 1 amide bonds. The lowest BCUT2D eigenvalue weighted by atomic mass is 10.0. The van der Waals surface area contributed by atoms with Crippen molar-refractivity contribution in [3.05, 3.63) is 71.3 Å². The molecular formula is C29H30F5N5O2. The number of nitrogens with zero attached hydrogens (tertiary/aromatic N) is 4. The van der Waals surface area contributed by atoms with E-state index in [0.29, 0.717) is 63.1 Å². The molecule has 1 N–H and O–H groups in total. The number of pyridine rings is 1. The topological polar surface area (TPSA) is 60.9 Å². The summed E-state index contributed by atoms with van der Waals surface area (Å²) >= 11 is 0. The van der Waals surface area contributed by atoms with Gasteiger partial charge in [0.2, 0.25) is 0 Å². The third kappa shape index (κ3) is 6.28. The summed E-state index contributed by atoms with van der Waals surface area (Å²) in [5.41, 5.74) is -1.30. The monoisotopic (exact) mass is 575 g/mol. The molecule has 2 aliphatic rings. The van der Waals surface area contributed by atoms with Gasteiger partial charge in [-0.05, 0) is 56.4 Å². The lowest BCUT2D eigenvalue weighted by molar-refractivity contribution is -0.138. The highest BCUT2D eigenvalue weighted by Gasteiger charge is 2.36. The zero-order chi connectivity index (χ0) is 29.3.